The molecule has 3 aromatic rings. The molecule has 1 aliphatic rings. The van der Waals surface area contributed by atoms with E-state index in [-0.39, 0.29) is 5.91 Å². The topological polar surface area (TPSA) is 58.2 Å². The maximum absolute atomic E-state index is 11.5. The normalized spacial score (nSPS) is 15.3. The van der Waals surface area contributed by atoms with Crippen molar-refractivity contribution in [2.75, 3.05) is 19.7 Å². The van der Waals surface area contributed by atoms with E-state index in [1.54, 1.807) is 13.1 Å². The number of hydrogen-bond donors (Lipinski definition) is 1. The first-order valence-corrected chi connectivity index (χ1v) is 9.12. The second kappa shape index (κ2) is 7.20. The molecule has 0 saturated carbocycles. The van der Waals surface area contributed by atoms with Crippen molar-refractivity contribution >= 4 is 16.9 Å². The molecule has 0 spiro atoms. The number of likely N-dealkylation sites (tertiary alicyclic amines) is 1. The molecule has 0 radical (unpaired) electrons. The Morgan fingerprint density at radius 1 is 1.23 bits per heavy atom. The Morgan fingerprint density at radius 3 is 2.73 bits per heavy atom. The van der Waals surface area contributed by atoms with Crippen LogP contribution in [0.4, 0.5) is 0 Å². The number of benzene rings is 1. The molecule has 1 N–H and O–H groups in total. The summed E-state index contributed by atoms with van der Waals surface area (Å²) in [5.41, 5.74) is 3.09. The molecule has 1 amide bonds. The molecule has 1 aliphatic heterocycles. The fraction of sp³-hybridized carbons (Fsp3) is 0.333. The smallest absolute Gasteiger partial charge is 0.219 e. The molecule has 5 heteroatoms. The van der Waals surface area contributed by atoms with Crippen LogP contribution in [0.2, 0.25) is 0 Å². The van der Waals surface area contributed by atoms with E-state index in [1.807, 2.05) is 35.4 Å². The highest BCUT2D eigenvalue weighted by Crippen LogP contribution is 2.34. The van der Waals surface area contributed by atoms with Crippen molar-refractivity contribution in [1.82, 2.24) is 14.9 Å². The Kier molecular flexibility index (Phi) is 4.61. The van der Waals surface area contributed by atoms with Crippen LogP contribution >= 0.6 is 0 Å². The summed E-state index contributed by atoms with van der Waals surface area (Å²) in [6.45, 7) is 3.97. The van der Waals surface area contributed by atoms with E-state index in [2.05, 4.69) is 22.1 Å². The zero-order chi connectivity index (χ0) is 17.9. The van der Waals surface area contributed by atoms with Gasteiger partial charge in [-0.2, -0.15) is 0 Å². The highest BCUT2D eigenvalue weighted by Gasteiger charge is 2.22. The lowest BCUT2D eigenvalue weighted by molar-refractivity contribution is -0.130. The molecule has 0 unspecified atom stereocenters. The zero-order valence-electron chi connectivity index (χ0n) is 14.9. The molecule has 0 atom stereocenters. The van der Waals surface area contributed by atoms with Gasteiger partial charge in [-0.1, -0.05) is 30.3 Å². The van der Waals surface area contributed by atoms with Gasteiger partial charge in [0.1, 0.15) is 11.4 Å². The molecule has 0 aliphatic carbocycles. The van der Waals surface area contributed by atoms with Crippen molar-refractivity contribution in [3.63, 3.8) is 0 Å². The number of nitrogens with zero attached hydrogens (tertiary/aromatic N) is 2. The molecule has 0 bridgehead atoms. The molecule has 134 valence electrons. The fourth-order valence-corrected chi connectivity index (χ4v) is 3.61. The van der Waals surface area contributed by atoms with Crippen molar-refractivity contribution < 1.29 is 9.53 Å². The summed E-state index contributed by atoms with van der Waals surface area (Å²) in [5, 5.41) is 1.03. The number of pyridine rings is 1. The number of piperidine rings is 1. The molecule has 3 heterocycles. The number of aromatic amines is 1. The number of hydrogen-bond acceptors (Lipinski definition) is 3. The number of rotatable bonds is 4. The third-order valence-corrected chi connectivity index (χ3v) is 5.15. The van der Waals surface area contributed by atoms with Crippen molar-refractivity contribution in [3.05, 3.63) is 48.8 Å². The first-order chi connectivity index (χ1) is 12.7. The van der Waals surface area contributed by atoms with Gasteiger partial charge in [0.2, 0.25) is 5.91 Å². The van der Waals surface area contributed by atoms with Gasteiger partial charge in [-0.3, -0.25) is 4.79 Å². The summed E-state index contributed by atoms with van der Waals surface area (Å²) in [6.07, 6.45) is 5.76. The summed E-state index contributed by atoms with van der Waals surface area (Å²) >= 11 is 0. The van der Waals surface area contributed by atoms with Crippen LogP contribution in [0.3, 0.4) is 0 Å². The fourth-order valence-electron chi connectivity index (χ4n) is 3.61. The molecule has 1 fully saturated rings. The minimum Gasteiger partial charge on any atom is -0.492 e. The lowest BCUT2D eigenvalue weighted by atomic mass is 9.98. The predicted octanol–water partition coefficient (Wildman–Crippen LogP) is 3.87. The molecule has 26 heavy (non-hydrogen) atoms. The van der Waals surface area contributed by atoms with E-state index in [9.17, 15) is 4.79 Å². The van der Waals surface area contributed by atoms with Crippen LogP contribution in [0.5, 0.6) is 5.75 Å². The molecule has 4 rings (SSSR count). The number of nitrogens with one attached hydrogen (secondary N) is 1. The van der Waals surface area contributed by atoms with Crippen LogP contribution < -0.4 is 4.74 Å². The van der Waals surface area contributed by atoms with Gasteiger partial charge in [0.15, 0.2) is 0 Å². The molecule has 1 aromatic carbocycles. The first-order valence-electron chi connectivity index (χ1n) is 9.12. The highest BCUT2D eigenvalue weighted by atomic mass is 16.5. The molecule has 5 nitrogen and oxygen atoms in total. The quantitative estimate of drug-likeness (QED) is 0.778. The highest BCUT2D eigenvalue weighted by molar-refractivity contribution is 5.98. The van der Waals surface area contributed by atoms with E-state index in [0.29, 0.717) is 12.5 Å². The summed E-state index contributed by atoms with van der Waals surface area (Å²) in [6, 6.07) is 12.2. The van der Waals surface area contributed by atoms with Gasteiger partial charge in [-0.25, -0.2) is 4.98 Å². The van der Waals surface area contributed by atoms with Gasteiger partial charge < -0.3 is 14.6 Å². The van der Waals surface area contributed by atoms with E-state index < -0.39 is 0 Å². The third-order valence-electron chi connectivity index (χ3n) is 5.15. The van der Waals surface area contributed by atoms with E-state index in [1.165, 1.54) is 0 Å². The van der Waals surface area contributed by atoms with Crippen LogP contribution in [-0.2, 0) is 4.79 Å². The maximum atomic E-state index is 11.5. The second-order valence-corrected chi connectivity index (χ2v) is 6.86. The van der Waals surface area contributed by atoms with Crippen molar-refractivity contribution in [3.8, 4) is 16.9 Å². The monoisotopic (exact) mass is 349 g/mol. The van der Waals surface area contributed by atoms with Crippen molar-refractivity contribution in [1.29, 1.82) is 0 Å². The lowest BCUT2D eigenvalue weighted by Crippen LogP contribution is -2.38. The lowest BCUT2D eigenvalue weighted by Gasteiger charge is -2.31. The van der Waals surface area contributed by atoms with Crippen LogP contribution in [0.15, 0.2) is 48.8 Å². The molecular weight excluding hydrogens is 326 g/mol. The Hall–Kier alpha value is -2.82. The summed E-state index contributed by atoms with van der Waals surface area (Å²) in [4.78, 5) is 21.1. The number of aromatic nitrogens is 2. The maximum Gasteiger partial charge on any atom is 0.219 e. The standard InChI is InChI=1S/C21H23N3O2/c1-15(25)24-11-8-16(9-12-24)14-26-19-7-10-22-21-20(19)18(13-23-21)17-5-3-2-4-6-17/h2-7,10,13,16H,8-9,11-12,14H2,1H3,(H,22,23). The summed E-state index contributed by atoms with van der Waals surface area (Å²) in [7, 11) is 0. The van der Waals surface area contributed by atoms with Gasteiger partial charge in [-0.15, -0.1) is 0 Å². The van der Waals surface area contributed by atoms with Crippen molar-refractivity contribution in [2.45, 2.75) is 19.8 Å². The van der Waals surface area contributed by atoms with Gasteiger partial charge in [0, 0.05) is 38.0 Å². The average Bonchev–Trinajstić information content (AvgIpc) is 3.12. The Balaban J connectivity index is 1.52. The van der Waals surface area contributed by atoms with Crippen LogP contribution in [0, 0.1) is 5.92 Å². The van der Waals surface area contributed by atoms with E-state index >= 15 is 0 Å². The average molecular weight is 349 g/mol. The number of amides is 1. The minimum absolute atomic E-state index is 0.167. The van der Waals surface area contributed by atoms with Crippen molar-refractivity contribution in [2.24, 2.45) is 5.92 Å². The number of fused-ring (bicyclic) bond motifs is 1. The van der Waals surface area contributed by atoms with Gasteiger partial charge in [0.05, 0.1) is 12.0 Å². The third kappa shape index (κ3) is 3.29. The Bertz CT molecular complexity index is 896. The number of H-pyrrole nitrogens is 1. The van der Waals surface area contributed by atoms with E-state index in [0.717, 1.165) is 53.8 Å². The van der Waals surface area contributed by atoms with Gasteiger partial charge in [0.25, 0.3) is 0 Å². The van der Waals surface area contributed by atoms with Gasteiger partial charge in [-0.05, 0) is 30.4 Å². The van der Waals surface area contributed by atoms with Crippen LogP contribution in [-0.4, -0.2) is 40.5 Å². The zero-order valence-corrected chi connectivity index (χ0v) is 14.9. The van der Waals surface area contributed by atoms with Crippen LogP contribution in [0.25, 0.3) is 22.2 Å². The Morgan fingerprint density at radius 2 is 2.00 bits per heavy atom. The number of ether oxygens (including phenoxy) is 1. The van der Waals surface area contributed by atoms with Gasteiger partial charge >= 0.3 is 0 Å². The number of carbonyl (C=O) groups excluding carboxylic acids is 1. The summed E-state index contributed by atoms with van der Waals surface area (Å²) < 4.78 is 6.21. The molecular formula is C21H23N3O2. The summed E-state index contributed by atoms with van der Waals surface area (Å²) in [5.74, 6) is 1.51. The predicted molar refractivity (Wildman–Crippen MR) is 102 cm³/mol. The number of carbonyl (C=O) groups is 1. The largest absolute Gasteiger partial charge is 0.492 e. The van der Waals surface area contributed by atoms with Crippen LogP contribution in [0.1, 0.15) is 19.8 Å². The molecule has 2 aromatic heterocycles. The Labute approximate surface area is 153 Å². The molecule has 1 saturated heterocycles. The van der Waals surface area contributed by atoms with E-state index in [4.69, 9.17) is 4.74 Å². The second-order valence-electron chi connectivity index (χ2n) is 6.86. The SMILES string of the molecule is CC(=O)N1CCC(COc2ccnc3[nH]cc(-c4ccccc4)c23)CC1. The minimum atomic E-state index is 0.167. The first kappa shape index (κ1) is 16.6.